The molecule has 0 radical (unpaired) electrons. The lowest BCUT2D eigenvalue weighted by Gasteiger charge is -2.47. The Morgan fingerprint density at radius 2 is 1.37 bits per heavy atom. The predicted molar refractivity (Wildman–Crippen MR) is 260 cm³/mol. The molecule has 2 aromatic rings. The number of fused-ring (bicyclic) bond motifs is 1. The Kier molecular flexibility index (Phi) is 18.3. The van der Waals surface area contributed by atoms with Gasteiger partial charge in [-0.05, 0) is 124 Å². The zero-order valence-electron chi connectivity index (χ0n) is 41.1. The maximum absolute atomic E-state index is 15.1. The van der Waals surface area contributed by atoms with E-state index in [2.05, 4.69) is 153 Å². The number of thiazole rings is 1. The average Bonchev–Trinajstić information content (AvgIpc) is 3.44. The number of aromatic nitrogens is 1. The molecule has 0 bridgehead atoms. The summed E-state index contributed by atoms with van der Waals surface area (Å²) in [6, 6.07) is 6.63. The summed E-state index contributed by atoms with van der Waals surface area (Å²) in [7, 11) is -6.84. The van der Waals surface area contributed by atoms with Crippen molar-refractivity contribution in [2.45, 2.75) is 208 Å². The van der Waals surface area contributed by atoms with Gasteiger partial charge < -0.3 is 18.4 Å². The maximum Gasteiger partial charge on any atom is 0.305 e. The number of Topliss-reactive ketones (excluding diaryl/α,β-unsaturated/α-hetero) is 1. The van der Waals surface area contributed by atoms with Gasteiger partial charge in [-0.1, -0.05) is 107 Å². The van der Waals surface area contributed by atoms with Crippen LogP contribution in [-0.2, 0) is 22.9 Å². The second kappa shape index (κ2) is 20.2. The van der Waals surface area contributed by atoms with Gasteiger partial charge in [-0.3, -0.25) is 9.59 Å². The van der Waals surface area contributed by atoms with Crippen LogP contribution in [0.5, 0.6) is 0 Å². The van der Waals surface area contributed by atoms with Gasteiger partial charge in [-0.2, -0.15) is 0 Å². The van der Waals surface area contributed by atoms with E-state index >= 15 is 4.79 Å². The van der Waals surface area contributed by atoms with Crippen molar-refractivity contribution in [1.29, 1.82) is 0 Å². The zero-order chi connectivity index (χ0) is 45.7. The summed E-state index contributed by atoms with van der Waals surface area (Å²) in [4.78, 5) is 32.2. The molecule has 2 rings (SSSR count). The first-order chi connectivity index (χ1) is 26.6. The quantitative estimate of drug-likeness (QED) is 0.0929. The highest BCUT2D eigenvalue weighted by Gasteiger charge is 2.50. The zero-order valence-corrected chi connectivity index (χ0v) is 44.9. The van der Waals surface area contributed by atoms with Crippen molar-refractivity contribution in [3.63, 3.8) is 0 Å². The fourth-order valence-corrected chi connectivity index (χ4v) is 11.8. The monoisotopic (exact) mass is 888 g/mol. The van der Waals surface area contributed by atoms with Crippen molar-refractivity contribution in [1.82, 2.24) is 4.98 Å². The minimum absolute atomic E-state index is 0.00670. The second-order valence-corrected chi connectivity index (χ2v) is 38.0. The van der Waals surface area contributed by atoms with Gasteiger partial charge in [0, 0.05) is 11.3 Å². The number of aryl methyl sites for hydroxylation is 1. The number of carbonyl (C=O) groups excluding carboxylic acids is 1. The Bertz CT molecular complexity index is 1760. The predicted octanol–water partition coefficient (Wildman–Crippen LogP) is 14.9. The van der Waals surface area contributed by atoms with E-state index in [1.54, 1.807) is 11.3 Å². The van der Waals surface area contributed by atoms with Crippen molar-refractivity contribution in [3.8, 4) is 0 Å². The van der Waals surface area contributed by atoms with Crippen molar-refractivity contribution < 1.29 is 28.0 Å². The molecule has 0 spiro atoms. The van der Waals surface area contributed by atoms with E-state index in [0.29, 0.717) is 6.42 Å². The van der Waals surface area contributed by atoms with Crippen molar-refractivity contribution in [2.24, 2.45) is 17.3 Å². The molecule has 7 nitrogen and oxygen atoms in total. The Hall–Kier alpha value is -1.74. The van der Waals surface area contributed by atoms with Gasteiger partial charge in [-0.25, -0.2) is 4.98 Å². The van der Waals surface area contributed by atoms with Crippen molar-refractivity contribution in [2.75, 3.05) is 0 Å². The average molecular weight is 889 g/mol. The maximum atomic E-state index is 15.1. The molecular formula is C48H85NO6SSi3. The summed E-state index contributed by atoms with van der Waals surface area (Å²) in [5.41, 5.74) is 2.47. The van der Waals surface area contributed by atoms with E-state index in [9.17, 15) is 9.90 Å². The highest BCUT2D eigenvalue weighted by molar-refractivity contribution is 7.18. The minimum Gasteiger partial charge on any atom is -0.481 e. The number of nitrogens with zero attached hydrogens (tertiary/aromatic N) is 1. The standard InChI is InChI=1S/C48H85NO6SSi3/c1-22-24-37(44(52)48(14,15)41(32-42(50)51)54-58(18,19)46(8,9)10)43(55-59(20,21)47(11,12)13)34(3)26-23-25-33(2)27-29-39(53-57(16,17)45(5,6)7)36-28-30-40-38(31-36)49-35(4)56-40/h22,27-28,30-31,34,37,39,41,43H,1,23-26,29,32H2,2-21H3,(H,50,51)/b33-27-/t34-,37+,39-,41-,43-/m0/s1. The van der Waals surface area contributed by atoms with Gasteiger partial charge >= 0.3 is 5.97 Å². The molecule has 5 atom stereocenters. The first-order valence-corrected chi connectivity index (χ1v) is 31.5. The molecule has 0 saturated heterocycles. The number of hydrogen-bond acceptors (Lipinski definition) is 7. The molecule has 0 fully saturated rings. The number of carbonyl (C=O) groups is 2. The number of rotatable bonds is 22. The van der Waals surface area contributed by atoms with E-state index < -0.39 is 48.4 Å². The summed E-state index contributed by atoms with van der Waals surface area (Å²) < 4.78 is 22.4. The van der Waals surface area contributed by atoms with Gasteiger partial charge in [0.1, 0.15) is 5.78 Å². The third-order valence-electron chi connectivity index (χ3n) is 14.0. The summed E-state index contributed by atoms with van der Waals surface area (Å²) in [5, 5.41) is 11.0. The molecule has 0 unspecified atom stereocenters. The minimum atomic E-state index is -2.42. The molecule has 0 aliphatic heterocycles. The number of hydrogen-bond donors (Lipinski definition) is 1. The van der Waals surface area contributed by atoms with Gasteiger partial charge in [0.15, 0.2) is 25.0 Å². The van der Waals surface area contributed by atoms with E-state index in [-0.39, 0.29) is 45.4 Å². The number of benzene rings is 1. The van der Waals surface area contributed by atoms with Crippen LogP contribution in [0.25, 0.3) is 10.2 Å². The van der Waals surface area contributed by atoms with Crippen LogP contribution < -0.4 is 0 Å². The SMILES string of the molecule is C=CC[C@@H](C(=O)C(C)(C)[C@H](CC(=O)O)O[Si](C)(C)C(C)(C)C)[C@@H](O[Si](C)(C)C(C)(C)C)[C@@H](C)CCC/C(C)=C\C[C@H](O[Si](C)(C)C(C)(C)C)c1ccc2sc(C)nc2c1. The van der Waals surface area contributed by atoms with Crippen molar-refractivity contribution in [3.05, 3.63) is 53.1 Å². The summed E-state index contributed by atoms with van der Waals surface area (Å²) in [5.74, 6) is -1.39. The van der Waals surface area contributed by atoms with Gasteiger partial charge in [0.05, 0.1) is 40.0 Å². The Morgan fingerprint density at radius 3 is 1.88 bits per heavy atom. The first kappa shape index (κ1) is 53.4. The molecule has 59 heavy (non-hydrogen) atoms. The number of allylic oxidation sites excluding steroid dienone is 2. The molecule has 0 aliphatic rings. The van der Waals surface area contributed by atoms with Crippen LogP contribution in [-0.4, -0.2) is 59.0 Å². The number of carboxylic acids is 1. The summed E-state index contributed by atoms with van der Waals surface area (Å²) >= 11 is 1.73. The first-order valence-electron chi connectivity index (χ1n) is 22.0. The van der Waals surface area contributed by atoms with Crippen LogP contribution in [0.15, 0.2) is 42.5 Å². The highest BCUT2D eigenvalue weighted by Crippen LogP contribution is 2.45. The molecule has 0 amide bonds. The van der Waals surface area contributed by atoms with Gasteiger partial charge in [0.2, 0.25) is 0 Å². The normalized spacial score (nSPS) is 16.8. The third-order valence-corrected chi connectivity index (χ3v) is 28.4. The molecule has 0 aliphatic carbocycles. The van der Waals surface area contributed by atoms with Crippen LogP contribution in [0, 0.1) is 24.2 Å². The van der Waals surface area contributed by atoms with Crippen LogP contribution in [0.1, 0.15) is 145 Å². The summed E-state index contributed by atoms with van der Waals surface area (Å²) in [6.45, 7) is 47.8. The number of ketones is 1. The lowest BCUT2D eigenvalue weighted by Crippen LogP contribution is -2.55. The molecule has 336 valence electrons. The van der Waals surface area contributed by atoms with Gasteiger partial charge in [0.25, 0.3) is 0 Å². The third kappa shape index (κ3) is 14.4. The molecule has 1 aromatic carbocycles. The second-order valence-electron chi connectivity index (χ2n) is 22.5. The smallest absolute Gasteiger partial charge is 0.305 e. The molecule has 1 N–H and O–H groups in total. The van der Waals surface area contributed by atoms with Crippen LogP contribution in [0.3, 0.4) is 0 Å². The van der Waals surface area contributed by atoms with E-state index in [0.717, 1.165) is 36.2 Å². The largest absolute Gasteiger partial charge is 0.481 e. The van der Waals surface area contributed by atoms with Crippen LogP contribution in [0.4, 0.5) is 0 Å². The molecule has 1 aromatic heterocycles. The van der Waals surface area contributed by atoms with E-state index in [4.69, 9.17) is 18.3 Å². The fourth-order valence-electron chi connectivity index (χ4n) is 6.78. The number of aliphatic carboxylic acids is 1. The molecule has 11 heteroatoms. The lowest BCUT2D eigenvalue weighted by atomic mass is 9.71. The Balaban J connectivity index is 2.45. The Morgan fingerprint density at radius 1 is 0.847 bits per heavy atom. The molecule has 0 saturated carbocycles. The van der Waals surface area contributed by atoms with Gasteiger partial charge in [-0.15, -0.1) is 17.9 Å². The number of carboxylic acid groups (broad SMARTS) is 1. The van der Waals surface area contributed by atoms with E-state index in [1.165, 1.54) is 15.8 Å². The van der Waals surface area contributed by atoms with Crippen LogP contribution in [0.2, 0.25) is 54.4 Å². The Labute approximate surface area is 368 Å². The molecular weight excluding hydrogens is 803 g/mol. The molecule has 1 heterocycles. The lowest BCUT2D eigenvalue weighted by molar-refractivity contribution is -0.146. The highest BCUT2D eigenvalue weighted by atomic mass is 32.1. The topological polar surface area (TPSA) is 95.0 Å². The fraction of sp³-hybridized carbons (Fsp3) is 0.729. The van der Waals surface area contributed by atoms with Crippen molar-refractivity contribution >= 4 is 58.3 Å². The summed E-state index contributed by atoms with van der Waals surface area (Å²) in [6.07, 6.45) is 6.79. The van der Waals surface area contributed by atoms with E-state index in [1.807, 2.05) is 19.9 Å². The van der Waals surface area contributed by atoms with Crippen LogP contribution >= 0.6 is 11.3 Å².